The maximum Gasteiger partial charge on any atom is 0.335 e. The van der Waals surface area contributed by atoms with Gasteiger partial charge in [0.1, 0.15) is 48.5 Å². The van der Waals surface area contributed by atoms with Gasteiger partial charge in [0, 0.05) is 28.7 Å². The average molecular weight is 651 g/mol. The molecule has 7 rings (SSSR count). The van der Waals surface area contributed by atoms with Crippen LogP contribution in [0.15, 0.2) is 23.0 Å². The van der Waals surface area contributed by atoms with Crippen LogP contribution in [0, 0.1) is 28.6 Å². The minimum absolute atomic E-state index is 0.0463. The van der Waals surface area contributed by atoms with Gasteiger partial charge in [-0.1, -0.05) is 6.92 Å². The van der Waals surface area contributed by atoms with Gasteiger partial charge in [-0.05, 0) is 38.7 Å². The van der Waals surface area contributed by atoms with Crippen LogP contribution in [0.25, 0.3) is 0 Å². The Bertz CT molecular complexity index is 1380. The van der Waals surface area contributed by atoms with Crippen molar-refractivity contribution in [3.05, 3.63) is 24.2 Å². The standard InChI is InChI=1S/C32H42O14/c1-29(2)19-8-16(34)22-15(31(19)13-43-21(35)9-20(31)45-29)4-6-30(3,32(22)27(46-32)28(39)40)26(14-5-7-41-11-14)42-12-18-24(37)25(38)23(36)17(10-33)44-18/h5,7,11,15,17-20,22-27,33,36-38H,4,6,8-10,12-13H2,1-3H3,(H,39,40)/t15?,17-,18+,19?,20?,22?,23-,24+,25+,26?,27?,30?,31?,32?/m1/s1. The van der Waals surface area contributed by atoms with E-state index in [-0.39, 0.29) is 43.7 Å². The van der Waals surface area contributed by atoms with Gasteiger partial charge in [-0.15, -0.1) is 0 Å². The molecule has 6 aliphatic rings. The number of carboxylic acids is 1. The number of aliphatic hydroxyl groups is 4. The van der Waals surface area contributed by atoms with Crippen molar-refractivity contribution in [2.45, 2.75) is 106 Å². The van der Waals surface area contributed by atoms with Crippen LogP contribution in [-0.4, -0.2) is 117 Å². The van der Waals surface area contributed by atoms with Crippen molar-refractivity contribution in [2.24, 2.45) is 28.6 Å². The average Bonchev–Trinajstić information content (AvgIpc) is 3.43. The normalized spacial score (nSPS) is 48.2. The Morgan fingerprint density at radius 2 is 1.80 bits per heavy atom. The van der Waals surface area contributed by atoms with Gasteiger partial charge >= 0.3 is 11.9 Å². The molecule has 4 aliphatic heterocycles. The van der Waals surface area contributed by atoms with Crippen LogP contribution in [0.2, 0.25) is 0 Å². The molecule has 1 aromatic heterocycles. The summed E-state index contributed by atoms with van der Waals surface area (Å²) in [5.41, 5.74) is -3.52. The van der Waals surface area contributed by atoms with E-state index in [1.807, 2.05) is 20.8 Å². The summed E-state index contributed by atoms with van der Waals surface area (Å²) in [7, 11) is 0. The predicted octanol–water partition coefficient (Wildman–Crippen LogP) is 0.134. The molecule has 2 spiro atoms. The van der Waals surface area contributed by atoms with Crippen LogP contribution < -0.4 is 0 Å². The summed E-state index contributed by atoms with van der Waals surface area (Å²) in [6.07, 6.45) is -5.85. The number of furan rings is 1. The van der Waals surface area contributed by atoms with E-state index in [1.165, 1.54) is 12.5 Å². The molecular formula is C32H42O14. The predicted molar refractivity (Wildman–Crippen MR) is 151 cm³/mol. The van der Waals surface area contributed by atoms with Crippen molar-refractivity contribution in [1.82, 2.24) is 0 Å². The molecule has 0 bridgehead atoms. The van der Waals surface area contributed by atoms with E-state index in [1.54, 1.807) is 6.07 Å². The third-order valence-electron chi connectivity index (χ3n) is 12.3. The molecule has 2 saturated carbocycles. The van der Waals surface area contributed by atoms with Crippen LogP contribution in [0.4, 0.5) is 0 Å². The summed E-state index contributed by atoms with van der Waals surface area (Å²) in [5, 5.41) is 51.4. The zero-order chi connectivity index (χ0) is 33.0. The van der Waals surface area contributed by atoms with Gasteiger partial charge in [-0.25, -0.2) is 4.79 Å². The minimum Gasteiger partial charge on any atom is -0.479 e. The summed E-state index contributed by atoms with van der Waals surface area (Å²) >= 11 is 0. The quantitative estimate of drug-likeness (QED) is 0.196. The monoisotopic (exact) mass is 650 g/mol. The molecule has 5 heterocycles. The van der Waals surface area contributed by atoms with Gasteiger partial charge < -0.3 is 53.6 Å². The van der Waals surface area contributed by atoms with Gasteiger partial charge in [0.25, 0.3) is 0 Å². The Kier molecular flexibility index (Phi) is 7.54. The number of carboxylic acid groups (broad SMARTS) is 1. The second kappa shape index (κ2) is 10.8. The third kappa shape index (κ3) is 4.27. The second-order valence-corrected chi connectivity index (χ2v) is 14.7. The summed E-state index contributed by atoms with van der Waals surface area (Å²) < 4.78 is 36.0. The van der Waals surface area contributed by atoms with Crippen molar-refractivity contribution < 1.29 is 68.0 Å². The molecule has 1 aromatic rings. The van der Waals surface area contributed by atoms with E-state index in [0.29, 0.717) is 18.4 Å². The van der Waals surface area contributed by atoms with E-state index in [4.69, 9.17) is 28.1 Å². The number of aliphatic carboxylic acids is 1. The minimum atomic E-state index is -1.60. The molecular weight excluding hydrogens is 608 g/mol. The molecule has 14 heteroatoms. The SMILES string of the molecule is CC1(C)OC2CC(=O)OCC23C2CCC(C)(C(OC[C@@H]4O[C@H](CO)[C@@H](O)[C@H](O)[C@H]4O)c4ccoc4)C4(OC4C(=O)O)C2C(=O)CC13. The summed E-state index contributed by atoms with van der Waals surface area (Å²) in [5.74, 6) is -3.23. The molecule has 0 aromatic carbocycles. The van der Waals surface area contributed by atoms with Crippen molar-refractivity contribution in [1.29, 1.82) is 0 Å². The van der Waals surface area contributed by atoms with Gasteiger partial charge in [0.05, 0.1) is 55.9 Å². The maximum absolute atomic E-state index is 14.4. The number of ether oxygens (including phenoxy) is 5. The smallest absolute Gasteiger partial charge is 0.335 e. The zero-order valence-corrected chi connectivity index (χ0v) is 25.9. The van der Waals surface area contributed by atoms with Crippen molar-refractivity contribution >= 4 is 17.7 Å². The lowest BCUT2D eigenvalue weighted by Gasteiger charge is -2.60. The van der Waals surface area contributed by atoms with E-state index in [0.717, 1.165) is 0 Å². The van der Waals surface area contributed by atoms with Crippen LogP contribution in [-0.2, 0) is 38.1 Å². The van der Waals surface area contributed by atoms with Crippen molar-refractivity contribution in [3.8, 4) is 0 Å². The molecule has 14 atom stereocenters. The fourth-order valence-electron chi connectivity index (χ4n) is 10.1. The highest BCUT2D eigenvalue weighted by Gasteiger charge is 2.83. The molecule has 254 valence electrons. The van der Waals surface area contributed by atoms with Crippen molar-refractivity contribution in [2.75, 3.05) is 19.8 Å². The molecule has 5 N–H and O–H groups in total. The van der Waals surface area contributed by atoms with Gasteiger partial charge in [-0.3, -0.25) is 9.59 Å². The van der Waals surface area contributed by atoms with Gasteiger partial charge in [0.2, 0.25) is 0 Å². The number of hydrogen-bond acceptors (Lipinski definition) is 13. The van der Waals surface area contributed by atoms with Crippen molar-refractivity contribution in [3.63, 3.8) is 0 Å². The highest BCUT2D eigenvalue weighted by molar-refractivity contribution is 5.89. The number of carbonyl (C=O) groups excluding carboxylic acids is 2. The Morgan fingerprint density at radius 3 is 2.46 bits per heavy atom. The van der Waals surface area contributed by atoms with E-state index in [2.05, 4.69) is 0 Å². The molecule has 2 aliphatic carbocycles. The van der Waals surface area contributed by atoms with E-state index >= 15 is 0 Å². The Balaban J connectivity index is 1.27. The van der Waals surface area contributed by atoms with Gasteiger partial charge in [-0.2, -0.15) is 0 Å². The number of ketones is 1. The lowest BCUT2D eigenvalue weighted by atomic mass is 9.42. The number of esters is 1. The number of carbonyl (C=O) groups is 3. The zero-order valence-electron chi connectivity index (χ0n) is 25.9. The summed E-state index contributed by atoms with van der Waals surface area (Å²) in [4.78, 5) is 39.6. The Morgan fingerprint density at radius 1 is 1.07 bits per heavy atom. The number of rotatable bonds is 7. The molecule has 6 fully saturated rings. The van der Waals surface area contributed by atoms with Crippen LogP contribution in [0.1, 0.15) is 58.1 Å². The van der Waals surface area contributed by atoms with Crippen LogP contribution >= 0.6 is 0 Å². The number of hydrogen-bond donors (Lipinski definition) is 5. The lowest BCUT2D eigenvalue weighted by molar-refractivity contribution is -0.249. The van der Waals surface area contributed by atoms with E-state index in [9.17, 15) is 39.9 Å². The molecule has 4 saturated heterocycles. The Hall–Kier alpha value is -2.43. The first-order chi connectivity index (χ1) is 21.7. The molecule has 0 radical (unpaired) electrons. The number of Topliss-reactive ketones (excluding diaryl/α,β-unsaturated/α-hetero) is 1. The first-order valence-electron chi connectivity index (χ1n) is 15.9. The molecule has 9 unspecified atom stereocenters. The van der Waals surface area contributed by atoms with Gasteiger partial charge in [0.15, 0.2) is 6.10 Å². The second-order valence-electron chi connectivity index (χ2n) is 14.7. The number of fused-ring (bicyclic) bond motifs is 2. The summed E-state index contributed by atoms with van der Waals surface area (Å²) in [6.45, 7) is 4.84. The highest BCUT2D eigenvalue weighted by Crippen LogP contribution is 2.74. The first-order valence-corrected chi connectivity index (χ1v) is 15.9. The number of epoxide rings is 1. The topological polar surface area (TPSA) is 215 Å². The fourth-order valence-corrected chi connectivity index (χ4v) is 10.1. The third-order valence-corrected chi connectivity index (χ3v) is 12.3. The maximum atomic E-state index is 14.4. The molecule has 46 heavy (non-hydrogen) atoms. The van der Waals surface area contributed by atoms with Crippen LogP contribution in [0.3, 0.4) is 0 Å². The molecule has 14 nitrogen and oxygen atoms in total. The van der Waals surface area contributed by atoms with E-state index < -0.39 is 95.3 Å². The van der Waals surface area contributed by atoms with Crippen LogP contribution in [0.5, 0.6) is 0 Å². The largest absolute Gasteiger partial charge is 0.479 e. The highest BCUT2D eigenvalue weighted by atomic mass is 16.6. The number of aliphatic hydroxyl groups excluding tert-OH is 4. The Labute approximate surface area is 264 Å². The lowest BCUT2D eigenvalue weighted by Crippen LogP contribution is -2.67. The first kappa shape index (κ1) is 32.1. The number of cyclic esters (lactones) is 1. The fraction of sp³-hybridized carbons (Fsp3) is 0.781. The summed E-state index contributed by atoms with van der Waals surface area (Å²) in [6, 6.07) is 1.67. The molecule has 0 amide bonds.